The van der Waals surface area contributed by atoms with Crippen molar-refractivity contribution in [3.63, 3.8) is 0 Å². The van der Waals surface area contributed by atoms with Gasteiger partial charge >= 0.3 is 0 Å². The Bertz CT molecular complexity index is 643. The van der Waals surface area contributed by atoms with Crippen molar-refractivity contribution >= 4 is 27.5 Å². The summed E-state index contributed by atoms with van der Waals surface area (Å²) in [5, 5.41) is 2.76. The zero-order valence-electron chi connectivity index (χ0n) is 11.9. The van der Waals surface area contributed by atoms with Crippen LogP contribution < -0.4 is 14.8 Å². The molecule has 0 radical (unpaired) electrons. The Morgan fingerprint density at radius 1 is 1.24 bits per heavy atom. The molecule has 0 aliphatic rings. The number of benzene rings is 2. The van der Waals surface area contributed by atoms with E-state index in [-0.39, 0.29) is 12.5 Å². The first kappa shape index (κ1) is 15.4. The summed E-state index contributed by atoms with van der Waals surface area (Å²) in [5.74, 6) is 1.04. The van der Waals surface area contributed by atoms with Gasteiger partial charge in [0.15, 0.2) is 6.61 Å². The van der Waals surface area contributed by atoms with E-state index in [1.807, 2.05) is 37.3 Å². The van der Waals surface area contributed by atoms with Crippen LogP contribution in [0, 0.1) is 6.92 Å². The number of rotatable bonds is 5. The van der Waals surface area contributed by atoms with E-state index < -0.39 is 0 Å². The second kappa shape index (κ2) is 7.13. The number of ether oxygens (including phenoxy) is 2. The molecule has 0 saturated heterocycles. The highest BCUT2D eigenvalue weighted by molar-refractivity contribution is 9.10. The normalized spacial score (nSPS) is 10.0. The van der Waals surface area contributed by atoms with Crippen LogP contribution in [0.1, 0.15) is 5.56 Å². The molecule has 0 aliphatic carbocycles. The summed E-state index contributed by atoms with van der Waals surface area (Å²) in [6.07, 6.45) is 0. The standard InChI is InChI=1S/C16H16BrNO3/c1-11-9-12(7-8-13(11)17)21-10-16(19)18-14-5-3-4-6-15(14)20-2/h3-9H,10H2,1-2H3,(H,18,19). The second-order valence-corrected chi connectivity index (χ2v) is 5.30. The first-order valence-electron chi connectivity index (χ1n) is 6.42. The molecular formula is C16H16BrNO3. The zero-order valence-corrected chi connectivity index (χ0v) is 13.4. The minimum atomic E-state index is -0.236. The van der Waals surface area contributed by atoms with Crippen molar-refractivity contribution in [3.05, 3.63) is 52.5 Å². The molecule has 1 N–H and O–H groups in total. The molecule has 0 unspecified atom stereocenters. The molecule has 110 valence electrons. The van der Waals surface area contributed by atoms with Crippen molar-refractivity contribution < 1.29 is 14.3 Å². The number of hydrogen-bond donors (Lipinski definition) is 1. The summed E-state index contributed by atoms with van der Waals surface area (Å²) < 4.78 is 11.7. The molecule has 2 aromatic carbocycles. The van der Waals surface area contributed by atoms with Crippen molar-refractivity contribution in [3.8, 4) is 11.5 Å². The topological polar surface area (TPSA) is 47.6 Å². The average Bonchev–Trinajstić information content (AvgIpc) is 2.49. The van der Waals surface area contributed by atoms with Crippen LogP contribution in [0.5, 0.6) is 11.5 Å². The van der Waals surface area contributed by atoms with E-state index in [1.54, 1.807) is 19.2 Å². The lowest BCUT2D eigenvalue weighted by Crippen LogP contribution is -2.20. The third-order valence-corrected chi connectivity index (χ3v) is 3.77. The number of halogens is 1. The minimum absolute atomic E-state index is 0.0564. The Kier molecular flexibility index (Phi) is 5.22. The van der Waals surface area contributed by atoms with Crippen molar-refractivity contribution in [1.82, 2.24) is 0 Å². The second-order valence-electron chi connectivity index (χ2n) is 4.45. The van der Waals surface area contributed by atoms with E-state index in [1.165, 1.54) is 0 Å². The lowest BCUT2D eigenvalue weighted by Gasteiger charge is -2.11. The maximum Gasteiger partial charge on any atom is 0.262 e. The smallest absolute Gasteiger partial charge is 0.262 e. The van der Waals surface area contributed by atoms with Crippen LogP contribution >= 0.6 is 15.9 Å². The maximum absolute atomic E-state index is 11.9. The highest BCUT2D eigenvalue weighted by atomic mass is 79.9. The lowest BCUT2D eigenvalue weighted by atomic mass is 10.2. The van der Waals surface area contributed by atoms with Crippen LogP contribution in [0.3, 0.4) is 0 Å². The molecule has 0 heterocycles. The Labute approximate surface area is 132 Å². The molecule has 0 bridgehead atoms. The summed E-state index contributed by atoms with van der Waals surface area (Å²) in [5.41, 5.74) is 1.68. The summed E-state index contributed by atoms with van der Waals surface area (Å²) in [7, 11) is 1.56. The molecule has 0 fully saturated rings. The van der Waals surface area contributed by atoms with Gasteiger partial charge in [0.1, 0.15) is 11.5 Å². The van der Waals surface area contributed by atoms with E-state index in [0.29, 0.717) is 17.2 Å². The van der Waals surface area contributed by atoms with Crippen molar-refractivity contribution in [2.45, 2.75) is 6.92 Å². The first-order chi connectivity index (χ1) is 10.1. The number of nitrogens with one attached hydrogen (secondary N) is 1. The third-order valence-electron chi connectivity index (χ3n) is 2.88. The number of methoxy groups -OCH3 is 1. The molecule has 0 spiro atoms. The first-order valence-corrected chi connectivity index (χ1v) is 7.21. The molecule has 1 amide bonds. The van der Waals surface area contributed by atoms with Gasteiger partial charge in [0.2, 0.25) is 0 Å². The van der Waals surface area contributed by atoms with Gasteiger partial charge in [0, 0.05) is 4.47 Å². The molecule has 5 heteroatoms. The van der Waals surface area contributed by atoms with E-state index in [9.17, 15) is 4.79 Å². The molecule has 0 aliphatic heterocycles. The third kappa shape index (κ3) is 4.23. The average molecular weight is 350 g/mol. The Morgan fingerprint density at radius 2 is 2.00 bits per heavy atom. The number of anilines is 1. The fraction of sp³-hybridized carbons (Fsp3) is 0.188. The van der Waals surface area contributed by atoms with E-state index in [4.69, 9.17) is 9.47 Å². The summed E-state index contributed by atoms with van der Waals surface area (Å²) >= 11 is 3.42. The summed E-state index contributed by atoms with van der Waals surface area (Å²) in [6.45, 7) is 1.91. The Balaban J connectivity index is 1.94. The van der Waals surface area contributed by atoms with Crippen molar-refractivity contribution in [2.75, 3.05) is 19.0 Å². The molecule has 2 aromatic rings. The van der Waals surface area contributed by atoms with E-state index >= 15 is 0 Å². The molecule has 2 rings (SSSR count). The number of amides is 1. The van der Waals surface area contributed by atoms with Gasteiger partial charge in [-0.25, -0.2) is 0 Å². The SMILES string of the molecule is COc1ccccc1NC(=O)COc1ccc(Br)c(C)c1. The summed E-state index contributed by atoms with van der Waals surface area (Å²) in [6, 6.07) is 12.8. The predicted molar refractivity (Wildman–Crippen MR) is 86.0 cm³/mol. The van der Waals surface area contributed by atoms with Gasteiger partial charge in [-0.3, -0.25) is 4.79 Å². The fourth-order valence-electron chi connectivity index (χ4n) is 1.79. The van der Waals surface area contributed by atoms with Crippen LogP contribution in [0.25, 0.3) is 0 Å². The minimum Gasteiger partial charge on any atom is -0.495 e. The quantitative estimate of drug-likeness (QED) is 0.893. The van der Waals surface area contributed by atoms with Crippen LogP contribution in [-0.4, -0.2) is 19.6 Å². The number of carbonyl (C=O) groups is 1. The molecule has 0 atom stereocenters. The van der Waals surface area contributed by atoms with Gasteiger partial charge in [0.05, 0.1) is 12.8 Å². The molecule has 21 heavy (non-hydrogen) atoms. The Morgan fingerprint density at radius 3 is 2.71 bits per heavy atom. The van der Waals surface area contributed by atoms with E-state index in [2.05, 4.69) is 21.2 Å². The molecule has 0 aromatic heterocycles. The fourth-order valence-corrected chi connectivity index (χ4v) is 2.04. The van der Waals surface area contributed by atoms with Gasteiger partial charge < -0.3 is 14.8 Å². The molecule has 0 saturated carbocycles. The number of carbonyl (C=O) groups excluding carboxylic acids is 1. The lowest BCUT2D eigenvalue weighted by molar-refractivity contribution is -0.118. The van der Waals surface area contributed by atoms with E-state index in [0.717, 1.165) is 10.0 Å². The number of para-hydroxylation sites is 2. The number of hydrogen-bond acceptors (Lipinski definition) is 3. The van der Waals surface area contributed by atoms with Gasteiger partial charge in [-0.2, -0.15) is 0 Å². The molecular weight excluding hydrogens is 334 g/mol. The van der Waals surface area contributed by atoms with Crippen LogP contribution in [0.15, 0.2) is 46.9 Å². The van der Waals surface area contributed by atoms with Crippen LogP contribution in [0.4, 0.5) is 5.69 Å². The van der Waals surface area contributed by atoms with Gasteiger partial charge in [-0.1, -0.05) is 28.1 Å². The largest absolute Gasteiger partial charge is 0.495 e. The van der Waals surface area contributed by atoms with Gasteiger partial charge in [0.25, 0.3) is 5.91 Å². The monoisotopic (exact) mass is 349 g/mol. The van der Waals surface area contributed by atoms with Gasteiger partial charge in [-0.15, -0.1) is 0 Å². The highest BCUT2D eigenvalue weighted by Gasteiger charge is 2.08. The van der Waals surface area contributed by atoms with Gasteiger partial charge in [-0.05, 0) is 42.8 Å². The maximum atomic E-state index is 11.9. The molecule has 4 nitrogen and oxygen atoms in total. The van der Waals surface area contributed by atoms with Crippen LogP contribution in [-0.2, 0) is 4.79 Å². The Hall–Kier alpha value is -2.01. The number of aryl methyl sites for hydroxylation is 1. The van der Waals surface area contributed by atoms with Crippen molar-refractivity contribution in [1.29, 1.82) is 0 Å². The van der Waals surface area contributed by atoms with Crippen LogP contribution in [0.2, 0.25) is 0 Å². The van der Waals surface area contributed by atoms with Crippen molar-refractivity contribution in [2.24, 2.45) is 0 Å². The highest BCUT2D eigenvalue weighted by Crippen LogP contribution is 2.23. The zero-order chi connectivity index (χ0) is 15.2. The predicted octanol–water partition coefficient (Wildman–Crippen LogP) is 3.78. The summed E-state index contributed by atoms with van der Waals surface area (Å²) in [4.78, 5) is 11.9.